The number of para-hydroxylation sites is 1. The van der Waals surface area contributed by atoms with E-state index in [0.29, 0.717) is 23.0 Å². The molecule has 0 aliphatic carbocycles. The second-order valence-electron chi connectivity index (χ2n) is 7.48. The Hall–Kier alpha value is -3.78. The fourth-order valence-electron chi connectivity index (χ4n) is 3.55. The van der Waals surface area contributed by atoms with Crippen molar-refractivity contribution >= 4 is 34.0 Å². The van der Waals surface area contributed by atoms with E-state index in [-0.39, 0.29) is 11.9 Å². The number of carbonyl (C=O) groups excluding carboxylic acids is 1. The van der Waals surface area contributed by atoms with Crippen LogP contribution in [-0.2, 0) is 0 Å². The van der Waals surface area contributed by atoms with Crippen molar-refractivity contribution in [1.29, 1.82) is 0 Å². The van der Waals surface area contributed by atoms with Gasteiger partial charge >= 0.3 is 0 Å². The highest BCUT2D eigenvalue weighted by molar-refractivity contribution is 7.08. The van der Waals surface area contributed by atoms with Gasteiger partial charge in [-0.1, -0.05) is 24.3 Å². The maximum Gasteiger partial charge on any atom is 0.273 e. The molecule has 2 N–H and O–H groups in total. The van der Waals surface area contributed by atoms with Crippen LogP contribution < -0.4 is 5.32 Å². The van der Waals surface area contributed by atoms with E-state index in [0.717, 1.165) is 22.0 Å². The molecule has 31 heavy (non-hydrogen) atoms. The highest BCUT2D eigenvalue weighted by Gasteiger charge is 2.15. The number of benzene rings is 1. The van der Waals surface area contributed by atoms with Crippen molar-refractivity contribution < 1.29 is 4.79 Å². The van der Waals surface area contributed by atoms with Gasteiger partial charge in [0, 0.05) is 17.0 Å². The topological polar surface area (TPSA) is 88.5 Å². The third kappa shape index (κ3) is 3.62. The molecule has 4 aromatic heterocycles. The number of nitrogens with one attached hydrogen (secondary N) is 2. The molecular weight excluding hydrogens is 408 g/mol. The monoisotopic (exact) mass is 428 g/mol. The third-order valence-corrected chi connectivity index (χ3v) is 5.77. The Morgan fingerprint density at radius 2 is 2.03 bits per heavy atom. The first-order chi connectivity index (χ1) is 15.1. The van der Waals surface area contributed by atoms with Crippen LogP contribution >= 0.6 is 11.3 Å². The average molecular weight is 429 g/mol. The zero-order valence-corrected chi connectivity index (χ0v) is 17.9. The fraction of sp³-hybridized carbons (Fsp3) is 0.130. The summed E-state index contributed by atoms with van der Waals surface area (Å²) in [5.41, 5.74) is 4.28. The second kappa shape index (κ2) is 7.81. The van der Waals surface area contributed by atoms with Crippen LogP contribution in [0.15, 0.2) is 65.6 Å². The Morgan fingerprint density at radius 3 is 2.84 bits per heavy atom. The molecule has 0 aliphatic rings. The van der Waals surface area contributed by atoms with Crippen LogP contribution in [0.5, 0.6) is 0 Å². The maximum absolute atomic E-state index is 12.9. The summed E-state index contributed by atoms with van der Waals surface area (Å²) < 4.78 is 1.94. The van der Waals surface area contributed by atoms with E-state index in [1.807, 2.05) is 40.3 Å². The smallest absolute Gasteiger partial charge is 0.273 e. The summed E-state index contributed by atoms with van der Waals surface area (Å²) >= 11 is 1.65. The number of pyridine rings is 1. The molecule has 0 radical (unpaired) electrons. The van der Waals surface area contributed by atoms with Crippen molar-refractivity contribution in [2.24, 2.45) is 0 Å². The van der Waals surface area contributed by atoms with Crippen LogP contribution in [-0.4, -0.2) is 30.6 Å². The van der Waals surface area contributed by atoms with E-state index in [9.17, 15) is 4.79 Å². The van der Waals surface area contributed by atoms with Gasteiger partial charge in [-0.05, 0) is 54.4 Å². The molecule has 8 heteroatoms. The van der Waals surface area contributed by atoms with E-state index < -0.39 is 0 Å². The molecule has 1 aromatic carbocycles. The molecule has 7 nitrogen and oxygen atoms in total. The zero-order valence-electron chi connectivity index (χ0n) is 17.0. The quantitative estimate of drug-likeness (QED) is 0.393. The number of anilines is 1. The maximum atomic E-state index is 12.9. The Bertz CT molecular complexity index is 1370. The van der Waals surface area contributed by atoms with Gasteiger partial charge < -0.3 is 14.9 Å². The minimum absolute atomic E-state index is 0.203. The van der Waals surface area contributed by atoms with Gasteiger partial charge in [0.25, 0.3) is 5.91 Å². The van der Waals surface area contributed by atoms with Crippen LogP contribution in [0.25, 0.3) is 33.5 Å². The normalized spacial score (nSPS) is 11.3. The number of amides is 1. The fourth-order valence-corrected chi connectivity index (χ4v) is 4.21. The first kappa shape index (κ1) is 19.2. The van der Waals surface area contributed by atoms with Crippen LogP contribution in [0.2, 0.25) is 0 Å². The lowest BCUT2D eigenvalue weighted by Crippen LogP contribution is -2.13. The summed E-state index contributed by atoms with van der Waals surface area (Å²) in [5.74, 6) is 0.872. The molecule has 0 fully saturated rings. The Balaban J connectivity index is 1.44. The number of hydrogen-bond acceptors (Lipinski definition) is 5. The number of rotatable bonds is 5. The molecule has 5 rings (SSSR count). The van der Waals surface area contributed by atoms with E-state index in [1.54, 1.807) is 23.7 Å². The number of hydrogen-bond donors (Lipinski definition) is 2. The summed E-state index contributed by atoms with van der Waals surface area (Å²) in [6.07, 6.45) is 1.68. The van der Waals surface area contributed by atoms with Crippen molar-refractivity contribution in [2.75, 3.05) is 5.32 Å². The SMILES string of the molecule is CC(C)n1cnnc1-c1cccc(NC(=O)c2cc3cccc(-c4ccsc4)c3[nH]2)n1. The van der Waals surface area contributed by atoms with Crippen LogP contribution in [0.3, 0.4) is 0 Å². The molecule has 0 saturated heterocycles. The Labute approximate surface area is 182 Å². The van der Waals surface area contributed by atoms with Crippen LogP contribution in [0.1, 0.15) is 30.4 Å². The molecule has 0 saturated carbocycles. The van der Waals surface area contributed by atoms with Gasteiger partial charge in [0.1, 0.15) is 23.5 Å². The lowest BCUT2D eigenvalue weighted by molar-refractivity contribution is 0.102. The van der Waals surface area contributed by atoms with Gasteiger partial charge in [0.05, 0.1) is 5.52 Å². The third-order valence-electron chi connectivity index (χ3n) is 5.08. The number of fused-ring (bicyclic) bond motifs is 1. The van der Waals surface area contributed by atoms with E-state index in [2.05, 4.69) is 56.8 Å². The van der Waals surface area contributed by atoms with Crippen LogP contribution in [0, 0.1) is 0 Å². The molecular formula is C23H20N6OS. The van der Waals surface area contributed by atoms with Gasteiger partial charge in [0.15, 0.2) is 5.82 Å². The van der Waals surface area contributed by atoms with E-state index >= 15 is 0 Å². The summed E-state index contributed by atoms with van der Waals surface area (Å²) in [6, 6.07) is 15.7. The number of aromatic amines is 1. The minimum atomic E-state index is -0.248. The molecule has 4 heterocycles. The first-order valence-electron chi connectivity index (χ1n) is 9.93. The molecule has 5 aromatic rings. The number of carbonyl (C=O) groups is 1. The Kier molecular flexibility index (Phi) is 4.83. The largest absolute Gasteiger partial charge is 0.350 e. The summed E-state index contributed by atoms with van der Waals surface area (Å²) in [6.45, 7) is 4.11. The number of thiophene rings is 1. The number of H-pyrrole nitrogens is 1. The molecule has 0 bridgehead atoms. The highest BCUT2D eigenvalue weighted by atomic mass is 32.1. The standard InChI is InChI=1S/C23H20N6OS/c1-14(2)29-13-24-28-22(29)18-7-4-8-20(25-18)27-23(30)19-11-15-5-3-6-17(21(15)26-19)16-9-10-31-12-16/h3-14,26H,1-2H3,(H,25,27,30). The number of aromatic nitrogens is 5. The van der Waals surface area contributed by atoms with Gasteiger partial charge in [-0.15, -0.1) is 10.2 Å². The van der Waals surface area contributed by atoms with Crippen molar-refractivity contribution in [3.05, 3.63) is 71.3 Å². The molecule has 0 atom stereocenters. The average Bonchev–Trinajstić information content (AvgIpc) is 3.53. The van der Waals surface area contributed by atoms with E-state index in [4.69, 9.17) is 0 Å². The second-order valence-corrected chi connectivity index (χ2v) is 8.26. The lowest BCUT2D eigenvalue weighted by atomic mass is 10.1. The van der Waals surface area contributed by atoms with Crippen molar-refractivity contribution in [2.45, 2.75) is 19.9 Å². The molecule has 1 amide bonds. The van der Waals surface area contributed by atoms with Crippen LogP contribution in [0.4, 0.5) is 5.82 Å². The predicted octanol–water partition coefficient (Wildman–Crippen LogP) is 5.38. The van der Waals surface area contributed by atoms with Gasteiger partial charge in [0.2, 0.25) is 0 Å². The molecule has 0 spiro atoms. The molecule has 154 valence electrons. The predicted molar refractivity (Wildman–Crippen MR) is 123 cm³/mol. The van der Waals surface area contributed by atoms with Gasteiger partial charge in [-0.2, -0.15) is 11.3 Å². The van der Waals surface area contributed by atoms with Crippen molar-refractivity contribution in [1.82, 2.24) is 24.7 Å². The number of nitrogens with zero attached hydrogens (tertiary/aromatic N) is 4. The minimum Gasteiger partial charge on any atom is -0.350 e. The highest BCUT2D eigenvalue weighted by Crippen LogP contribution is 2.30. The van der Waals surface area contributed by atoms with Crippen molar-refractivity contribution in [3.63, 3.8) is 0 Å². The summed E-state index contributed by atoms with van der Waals surface area (Å²) in [5, 5.41) is 16.2. The first-order valence-corrected chi connectivity index (χ1v) is 10.9. The van der Waals surface area contributed by atoms with E-state index in [1.165, 1.54) is 0 Å². The van der Waals surface area contributed by atoms with Crippen molar-refractivity contribution in [3.8, 4) is 22.6 Å². The Morgan fingerprint density at radius 1 is 1.16 bits per heavy atom. The van der Waals surface area contributed by atoms with Gasteiger partial charge in [-0.25, -0.2) is 4.98 Å². The zero-order chi connectivity index (χ0) is 21.4. The summed E-state index contributed by atoms with van der Waals surface area (Å²) in [4.78, 5) is 20.8. The molecule has 0 aliphatic heterocycles. The lowest BCUT2D eigenvalue weighted by Gasteiger charge is -2.10. The van der Waals surface area contributed by atoms with Gasteiger partial charge in [-0.3, -0.25) is 4.79 Å². The summed E-state index contributed by atoms with van der Waals surface area (Å²) in [7, 11) is 0. The molecule has 0 unspecified atom stereocenters.